The highest BCUT2D eigenvalue weighted by Gasteiger charge is 2.37. The van der Waals surface area contributed by atoms with Gasteiger partial charge in [0.15, 0.2) is 5.78 Å². The number of carbonyl (C=O) groups excluding carboxylic acids is 2. The number of fused-ring (bicyclic) bond motifs is 1. The minimum absolute atomic E-state index is 0.00890. The van der Waals surface area contributed by atoms with Gasteiger partial charge in [0.2, 0.25) is 0 Å². The van der Waals surface area contributed by atoms with Crippen LogP contribution in [-0.4, -0.2) is 46.1 Å². The van der Waals surface area contributed by atoms with Crippen molar-refractivity contribution in [3.05, 3.63) is 53.3 Å². The molecule has 0 radical (unpaired) electrons. The summed E-state index contributed by atoms with van der Waals surface area (Å²) >= 11 is 0. The number of rotatable bonds is 9. The summed E-state index contributed by atoms with van der Waals surface area (Å²) in [7, 11) is 1.66. The van der Waals surface area contributed by atoms with Crippen molar-refractivity contribution in [3.63, 3.8) is 0 Å². The van der Waals surface area contributed by atoms with Crippen LogP contribution in [0.5, 0.6) is 0 Å². The van der Waals surface area contributed by atoms with Gasteiger partial charge in [-0.3, -0.25) is 14.3 Å². The molecule has 1 amide bonds. The number of benzene rings is 1. The molecule has 6 nitrogen and oxygen atoms in total. The maximum atomic E-state index is 13.4. The third kappa shape index (κ3) is 4.64. The molecular formula is C24H31N3O3. The van der Waals surface area contributed by atoms with Gasteiger partial charge in [-0.15, -0.1) is 0 Å². The quantitative estimate of drug-likeness (QED) is 0.634. The lowest BCUT2D eigenvalue weighted by Crippen LogP contribution is -2.43. The fraction of sp³-hybridized carbons (Fsp3) is 0.542. The van der Waals surface area contributed by atoms with Gasteiger partial charge in [0.05, 0.1) is 31.3 Å². The predicted octanol–water partition coefficient (Wildman–Crippen LogP) is 3.64. The number of Topliss-reactive ketones (excluding diaryl/α,β-unsaturated/α-hetero) is 1. The summed E-state index contributed by atoms with van der Waals surface area (Å²) in [5, 5.41) is 4.51. The van der Waals surface area contributed by atoms with Crippen LogP contribution in [-0.2, 0) is 29.0 Å². The first-order valence-corrected chi connectivity index (χ1v) is 11.1. The SMILES string of the molecule is COCCn1ccc(CC(=O)[C@H](CC2CCCCC2)N2Cc3ccccc3C2=O)n1. The fourth-order valence-electron chi connectivity index (χ4n) is 4.80. The van der Waals surface area contributed by atoms with E-state index in [0.717, 1.165) is 36.1 Å². The number of hydrogen-bond donors (Lipinski definition) is 0. The number of ether oxygens (including phenoxy) is 1. The number of amides is 1. The average Bonchev–Trinajstić information content (AvgIpc) is 3.35. The van der Waals surface area contributed by atoms with Crippen LogP contribution in [0.3, 0.4) is 0 Å². The molecular weight excluding hydrogens is 378 g/mol. The van der Waals surface area contributed by atoms with E-state index in [1.165, 1.54) is 19.3 Å². The largest absolute Gasteiger partial charge is 0.383 e. The van der Waals surface area contributed by atoms with Crippen molar-refractivity contribution < 1.29 is 14.3 Å². The number of hydrogen-bond acceptors (Lipinski definition) is 4. The van der Waals surface area contributed by atoms with Crippen LogP contribution in [0, 0.1) is 5.92 Å². The van der Waals surface area contributed by atoms with Crippen molar-refractivity contribution in [2.75, 3.05) is 13.7 Å². The van der Waals surface area contributed by atoms with E-state index in [9.17, 15) is 9.59 Å². The van der Waals surface area contributed by atoms with Crippen LogP contribution in [0.15, 0.2) is 36.5 Å². The molecule has 1 fully saturated rings. The van der Waals surface area contributed by atoms with Crippen LogP contribution in [0.1, 0.15) is 60.1 Å². The molecule has 1 saturated carbocycles. The van der Waals surface area contributed by atoms with Gasteiger partial charge in [0, 0.05) is 25.4 Å². The Bertz CT molecular complexity index is 885. The van der Waals surface area contributed by atoms with Gasteiger partial charge in [-0.25, -0.2) is 0 Å². The van der Waals surface area contributed by atoms with Gasteiger partial charge in [0.1, 0.15) is 0 Å². The Kier molecular flexibility index (Phi) is 6.62. The first-order chi connectivity index (χ1) is 14.7. The summed E-state index contributed by atoms with van der Waals surface area (Å²) in [6, 6.07) is 9.23. The smallest absolute Gasteiger partial charge is 0.255 e. The highest BCUT2D eigenvalue weighted by Crippen LogP contribution is 2.32. The maximum absolute atomic E-state index is 13.4. The van der Waals surface area contributed by atoms with Crippen molar-refractivity contribution in [1.29, 1.82) is 0 Å². The Balaban J connectivity index is 1.50. The highest BCUT2D eigenvalue weighted by atomic mass is 16.5. The summed E-state index contributed by atoms with van der Waals surface area (Å²) < 4.78 is 6.90. The van der Waals surface area contributed by atoms with Crippen LogP contribution < -0.4 is 0 Å². The molecule has 2 aliphatic rings. The summed E-state index contributed by atoms with van der Waals surface area (Å²) in [5.74, 6) is 0.604. The molecule has 4 rings (SSSR count). The van der Waals surface area contributed by atoms with E-state index in [1.807, 2.05) is 41.4 Å². The predicted molar refractivity (Wildman–Crippen MR) is 114 cm³/mol. The topological polar surface area (TPSA) is 64.4 Å². The van der Waals surface area contributed by atoms with Crippen LogP contribution in [0.4, 0.5) is 0 Å². The Labute approximate surface area is 178 Å². The summed E-state index contributed by atoms with van der Waals surface area (Å²) in [6.45, 7) is 1.77. The molecule has 2 aromatic rings. The molecule has 6 heteroatoms. The second kappa shape index (κ2) is 9.56. The number of carbonyl (C=O) groups is 2. The van der Waals surface area contributed by atoms with Crippen LogP contribution in [0.2, 0.25) is 0 Å². The number of ketones is 1. The summed E-state index contributed by atoms with van der Waals surface area (Å²) in [6.07, 6.45) is 8.96. The van der Waals surface area contributed by atoms with E-state index in [-0.39, 0.29) is 24.2 Å². The van der Waals surface area contributed by atoms with Gasteiger partial charge in [-0.1, -0.05) is 50.3 Å². The van der Waals surface area contributed by atoms with E-state index in [4.69, 9.17) is 4.74 Å². The molecule has 30 heavy (non-hydrogen) atoms. The normalized spacial score (nSPS) is 17.9. The Morgan fingerprint density at radius 3 is 2.77 bits per heavy atom. The monoisotopic (exact) mass is 409 g/mol. The zero-order valence-electron chi connectivity index (χ0n) is 17.8. The van der Waals surface area contributed by atoms with E-state index >= 15 is 0 Å². The Hall–Kier alpha value is -2.47. The zero-order chi connectivity index (χ0) is 20.9. The molecule has 0 spiro atoms. The van der Waals surface area contributed by atoms with Crippen molar-refractivity contribution in [1.82, 2.24) is 14.7 Å². The third-order valence-electron chi connectivity index (χ3n) is 6.45. The molecule has 1 aromatic heterocycles. The van der Waals surface area contributed by atoms with Crippen LogP contribution in [0.25, 0.3) is 0 Å². The van der Waals surface area contributed by atoms with E-state index < -0.39 is 0 Å². The molecule has 1 atom stereocenters. The zero-order valence-corrected chi connectivity index (χ0v) is 17.8. The third-order valence-corrected chi connectivity index (χ3v) is 6.45. The second-order valence-corrected chi connectivity index (χ2v) is 8.55. The van der Waals surface area contributed by atoms with Gasteiger partial charge in [-0.05, 0) is 30.0 Å². The van der Waals surface area contributed by atoms with E-state index in [1.54, 1.807) is 11.8 Å². The molecule has 0 N–H and O–H groups in total. The summed E-state index contributed by atoms with van der Waals surface area (Å²) in [4.78, 5) is 28.3. The first-order valence-electron chi connectivity index (χ1n) is 11.1. The van der Waals surface area contributed by atoms with Crippen LogP contribution >= 0.6 is 0 Å². The Morgan fingerprint density at radius 1 is 1.20 bits per heavy atom. The van der Waals surface area contributed by atoms with Gasteiger partial charge < -0.3 is 9.64 Å². The minimum Gasteiger partial charge on any atom is -0.383 e. The van der Waals surface area contributed by atoms with E-state index in [0.29, 0.717) is 25.6 Å². The summed E-state index contributed by atoms with van der Waals surface area (Å²) in [5.41, 5.74) is 2.52. The van der Waals surface area contributed by atoms with Gasteiger partial charge in [0.25, 0.3) is 5.91 Å². The lowest BCUT2D eigenvalue weighted by Gasteiger charge is -2.31. The lowest BCUT2D eigenvalue weighted by molar-refractivity contribution is -0.123. The minimum atomic E-state index is -0.378. The standard InChI is InChI=1S/C24H31N3O3/c1-30-14-13-26-12-11-20(25-26)16-23(28)22(15-18-7-3-2-4-8-18)27-17-19-9-5-6-10-21(19)24(27)29/h5-6,9-12,18,22H,2-4,7-8,13-17H2,1H3/t22-/m0/s1. The molecule has 0 saturated heterocycles. The van der Waals surface area contributed by atoms with Gasteiger partial charge >= 0.3 is 0 Å². The second-order valence-electron chi connectivity index (χ2n) is 8.55. The molecule has 1 aliphatic heterocycles. The molecule has 2 heterocycles. The molecule has 1 aliphatic carbocycles. The molecule has 0 unspecified atom stereocenters. The lowest BCUT2D eigenvalue weighted by atomic mass is 9.83. The molecule has 1 aromatic carbocycles. The Morgan fingerprint density at radius 2 is 2.00 bits per heavy atom. The number of aromatic nitrogens is 2. The highest BCUT2D eigenvalue weighted by molar-refractivity contribution is 6.01. The number of nitrogens with zero attached hydrogens (tertiary/aromatic N) is 3. The van der Waals surface area contributed by atoms with Crippen molar-refractivity contribution >= 4 is 11.7 Å². The fourth-order valence-corrected chi connectivity index (χ4v) is 4.80. The van der Waals surface area contributed by atoms with Crippen molar-refractivity contribution in [2.24, 2.45) is 5.92 Å². The van der Waals surface area contributed by atoms with Crippen molar-refractivity contribution in [3.8, 4) is 0 Å². The van der Waals surface area contributed by atoms with E-state index in [2.05, 4.69) is 5.10 Å². The molecule has 160 valence electrons. The maximum Gasteiger partial charge on any atom is 0.255 e. The first kappa shape index (κ1) is 20.8. The average molecular weight is 410 g/mol. The number of methoxy groups -OCH3 is 1. The van der Waals surface area contributed by atoms with Crippen molar-refractivity contribution in [2.45, 2.75) is 64.1 Å². The molecule has 0 bridgehead atoms. The van der Waals surface area contributed by atoms with Gasteiger partial charge in [-0.2, -0.15) is 5.10 Å².